The minimum atomic E-state index is -0.411. The van der Waals surface area contributed by atoms with Crippen LogP contribution >= 0.6 is 11.8 Å². The molecule has 1 heterocycles. The van der Waals surface area contributed by atoms with Crippen LogP contribution < -0.4 is 5.69 Å². The first-order chi connectivity index (χ1) is 10.6. The van der Waals surface area contributed by atoms with Crippen LogP contribution in [0.2, 0.25) is 0 Å². The third kappa shape index (κ3) is 3.95. The number of nitro benzene ring substituents is 1. The van der Waals surface area contributed by atoms with Gasteiger partial charge in [0.2, 0.25) is 0 Å². The number of aromatic nitrogens is 3. The smallest absolute Gasteiger partial charge is 0.343 e. The van der Waals surface area contributed by atoms with Crippen molar-refractivity contribution in [3.05, 3.63) is 50.4 Å². The van der Waals surface area contributed by atoms with Gasteiger partial charge < -0.3 is 4.74 Å². The van der Waals surface area contributed by atoms with Gasteiger partial charge in [-0.25, -0.2) is 9.89 Å². The van der Waals surface area contributed by atoms with E-state index in [1.165, 1.54) is 22.4 Å². The molecule has 0 amide bonds. The molecule has 22 heavy (non-hydrogen) atoms. The van der Waals surface area contributed by atoms with Gasteiger partial charge in [-0.05, 0) is 6.42 Å². The number of aromatic amines is 1. The van der Waals surface area contributed by atoms with Gasteiger partial charge in [-0.1, -0.05) is 30.0 Å². The van der Waals surface area contributed by atoms with Gasteiger partial charge in [0.1, 0.15) is 0 Å². The molecule has 2 aromatic rings. The molecule has 1 aromatic heterocycles. The van der Waals surface area contributed by atoms with Crippen LogP contribution in [-0.2, 0) is 17.0 Å². The maximum atomic E-state index is 11.7. The summed E-state index contributed by atoms with van der Waals surface area (Å²) in [5, 5.41) is 17.9. The number of hydrogen-bond donors (Lipinski definition) is 1. The van der Waals surface area contributed by atoms with E-state index in [9.17, 15) is 14.9 Å². The lowest BCUT2D eigenvalue weighted by Crippen LogP contribution is -2.18. The predicted octanol–water partition coefficient (Wildman–Crippen LogP) is 1.81. The molecule has 1 N–H and O–H groups in total. The van der Waals surface area contributed by atoms with Crippen LogP contribution in [0.25, 0.3) is 0 Å². The SMILES string of the molecule is COCCCn1c(SCc2ccccc2[N+](=O)[O-])n[nH]c1=O. The Hall–Kier alpha value is -2.13. The molecule has 1 aromatic carbocycles. The molecule has 118 valence electrons. The highest BCUT2D eigenvalue weighted by molar-refractivity contribution is 7.98. The molecule has 0 fully saturated rings. The van der Waals surface area contributed by atoms with Gasteiger partial charge in [-0.3, -0.25) is 14.7 Å². The van der Waals surface area contributed by atoms with Gasteiger partial charge in [-0.15, -0.1) is 5.10 Å². The number of hydrogen-bond acceptors (Lipinski definition) is 6. The number of nitrogens with one attached hydrogen (secondary N) is 1. The fourth-order valence-corrected chi connectivity index (χ4v) is 2.90. The van der Waals surface area contributed by atoms with Gasteiger partial charge in [0.05, 0.1) is 4.92 Å². The first kappa shape index (κ1) is 16.2. The van der Waals surface area contributed by atoms with E-state index >= 15 is 0 Å². The highest BCUT2D eigenvalue weighted by Crippen LogP contribution is 2.26. The minimum absolute atomic E-state index is 0.0683. The van der Waals surface area contributed by atoms with Crippen molar-refractivity contribution < 1.29 is 9.66 Å². The molecule has 9 heteroatoms. The third-order valence-electron chi connectivity index (χ3n) is 3.00. The minimum Gasteiger partial charge on any atom is -0.385 e. The van der Waals surface area contributed by atoms with E-state index in [4.69, 9.17) is 4.74 Å². The molecule has 0 aliphatic rings. The van der Waals surface area contributed by atoms with Gasteiger partial charge in [0.15, 0.2) is 5.16 Å². The van der Waals surface area contributed by atoms with Crippen molar-refractivity contribution in [1.29, 1.82) is 0 Å². The molecule has 8 nitrogen and oxygen atoms in total. The quantitative estimate of drug-likeness (QED) is 0.344. The van der Waals surface area contributed by atoms with Crippen LogP contribution in [0.4, 0.5) is 5.69 Å². The summed E-state index contributed by atoms with van der Waals surface area (Å²) in [5.74, 6) is 0.367. The van der Waals surface area contributed by atoms with Crippen molar-refractivity contribution >= 4 is 17.4 Å². The van der Waals surface area contributed by atoms with Crippen molar-refractivity contribution in [3.63, 3.8) is 0 Å². The van der Waals surface area contributed by atoms with E-state index in [1.807, 2.05) is 0 Å². The van der Waals surface area contributed by atoms with E-state index < -0.39 is 4.92 Å². The van der Waals surface area contributed by atoms with E-state index in [2.05, 4.69) is 10.2 Å². The van der Waals surface area contributed by atoms with Gasteiger partial charge in [0.25, 0.3) is 5.69 Å². The first-order valence-corrected chi connectivity index (χ1v) is 7.61. The standard InChI is InChI=1S/C13H16N4O4S/c1-21-8-4-7-16-12(18)14-15-13(16)22-9-10-5-2-3-6-11(10)17(19)20/h2-3,5-6H,4,7-9H2,1H3,(H,14,18). The maximum Gasteiger partial charge on any atom is 0.343 e. The van der Waals surface area contributed by atoms with Crippen molar-refractivity contribution in [2.45, 2.75) is 23.9 Å². The van der Waals surface area contributed by atoms with Crippen LogP contribution in [-0.4, -0.2) is 33.4 Å². The molecule has 0 bridgehead atoms. The molecule has 0 saturated carbocycles. The van der Waals surface area contributed by atoms with Crippen LogP contribution in [0.3, 0.4) is 0 Å². The van der Waals surface area contributed by atoms with E-state index in [0.29, 0.717) is 36.0 Å². The van der Waals surface area contributed by atoms with Crippen molar-refractivity contribution in [2.24, 2.45) is 0 Å². The average molecular weight is 324 g/mol. The largest absolute Gasteiger partial charge is 0.385 e. The van der Waals surface area contributed by atoms with E-state index in [-0.39, 0.29) is 11.4 Å². The Morgan fingerprint density at radius 1 is 1.45 bits per heavy atom. The predicted molar refractivity (Wildman–Crippen MR) is 82.0 cm³/mol. The molecular weight excluding hydrogens is 308 g/mol. The van der Waals surface area contributed by atoms with Crippen LogP contribution in [0.1, 0.15) is 12.0 Å². The lowest BCUT2D eigenvalue weighted by molar-refractivity contribution is -0.385. The van der Waals surface area contributed by atoms with Gasteiger partial charge in [0, 0.05) is 37.6 Å². The zero-order valence-corrected chi connectivity index (χ0v) is 12.8. The fraction of sp³-hybridized carbons (Fsp3) is 0.385. The summed E-state index contributed by atoms with van der Waals surface area (Å²) in [6.45, 7) is 1.04. The summed E-state index contributed by atoms with van der Waals surface area (Å²) < 4.78 is 6.48. The Morgan fingerprint density at radius 2 is 2.23 bits per heavy atom. The fourth-order valence-electron chi connectivity index (χ4n) is 1.93. The zero-order valence-electron chi connectivity index (χ0n) is 12.0. The Morgan fingerprint density at radius 3 is 2.95 bits per heavy atom. The van der Waals surface area contributed by atoms with Crippen LogP contribution in [0.5, 0.6) is 0 Å². The van der Waals surface area contributed by atoms with Crippen molar-refractivity contribution in [1.82, 2.24) is 14.8 Å². The zero-order chi connectivity index (χ0) is 15.9. The summed E-state index contributed by atoms with van der Waals surface area (Å²) in [6.07, 6.45) is 0.689. The summed E-state index contributed by atoms with van der Waals surface area (Å²) in [7, 11) is 1.60. The average Bonchev–Trinajstić information content (AvgIpc) is 2.86. The first-order valence-electron chi connectivity index (χ1n) is 6.62. The number of methoxy groups -OCH3 is 1. The second-order valence-corrected chi connectivity index (χ2v) is 5.43. The number of benzene rings is 1. The third-order valence-corrected chi connectivity index (χ3v) is 4.02. The number of H-pyrrole nitrogens is 1. The number of thioether (sulfide) groups is 1. The molecule has 0 saturated heterocycles. The lowest BCUT2D eigenvalue weighted by Gasteiger charge is -2.05. The Kier molecular flexibility index (Phi) is 5.73. The van der Waals surface area contributed by atoms with Gasteiger partial charge in [-0.2, -0.15) is 0 Å². The van der Waals surface area contributed by atoms with E-state index in [0.717, 1.165) is 0 Å². The van der Waals surface area contributed by atoms with Crippen molar-refractivity contribution in [3.8, 4) is 0 Å². The number of nitrogens with zero attached hydrogens (tertiary/aromatic N) is 3. The lowest BCUT2D eigenvalue weighted by atomic mass is 10.2. The molecule has 0 radical (unpaired) electrons. The molecule has 0 unspecified atom stereocenters. The number of rotatable bonds is 8. The van der Waals surface area contributed by atoms with Crippen molar-refractivity contribution in [2.75, 3.05) is 13.7 Å². The van der Waals surface area contributed by atoms with Crippen LogP contribution in [0.15, 0.2) is 34.2 Å². The number of ether oxygens (including phenoxy) is 1. The second-order valence-electron chi connectivity index (χ2n) is 4.48. The monoisotopic (exact) mass is 324 g/mol. The normalized spacial score (nSPS) is 10.8. The highest BCUT2D eigenvalue weighted by atomic mass is 32.2. The van der Waals surface area contributed by atoms with E-state index in [1.54, 1.807) is 25.3 Å². The Bertz CT molecular complexity index is 697. The molecule has 0 aliphatic carbocycles. The molecule has 0 atom stereocenters. The van der Waals surface area contributed by atoms with Gasteiger partial charge >= 0.3 is 5.69 Å². The Labute approximate surface area is 130 Å². The summed E-state index contributed by atoms with van der Waals surface area (Å²) in [4.78, 5) is 22.3. The second kappa shape index (κ2) is 7.76. The maximum absolute atomic E-state index is 11.7. The topological polar surface area (TPSA) is 103 Å². The highest BCUT2D eigenvalue weighted by Gasteiger charge is 2.15. The summed E-state index contributed by atoms with van der Waals surface area (Å²) in [5.41, 5.74) is 0.372. The summed E-state index contributed by atoms with van der Waals surface area (Å²) in [6, 6.07) is 6.54. The number of para-hydroxylation sites is 1. The Balaban J connectivity index is 2.09. The molecular formula is C13H16N4O4S. The van der Waals surface area contributed by atoms with Crippen LogP contribution in [0, 0.1) is 10.1 Å². The molecule has 0 spiro atoms. The summed E-state index contributed by atoms with van der Waals surface area (Å²) >= 11 is 1.29. The molecule has 2 rings (SSSR count). The number of nitro groups is 1. The molecule has 0 aliphatic heterocycles.